The smallest absolute Gasteiger partial charge is 0.232 e. The molecule has 0 atom stereocenters. The number of aromatic nitrogens is 3. The molecule has 0 radical (unpaired) electrons. The van der Waals surface area contributed by atoms with Crippen molar-refractivity contribution in [3.63, 3.8) is 0 Å². The van der Waals surface area contributed by atoms with Crippen LogP contribution in [-0.2, 0) is 19.5 Å². The Balaban J connectivity index is 1.55. The van der Waals surface area contributed by atoms with Crippen LogP contribution in [0.25, 0.3) is 0 Å². The summed E-state index contributed by atoms with van der Waals surface area (Å²) in [6.07, 6.45) is 0.980. The number of hydrogen-bond acceptors (Lipinski definition) is 7. The van der Waals surface area contributed by atoms with E-state index in [1.807, 2.05) is 24.3 Å². The highest BCUT2D eigenvalue weighted by molar-refractivity contribution is 6.30. The Bertz CT molecular complexity index is 1100. The third kappa shape index (κ3) is 6.58. The van der Waals surface area contributed by atoms with Gasteiger partial charge >= 0.3 is 0 Å². The van der Waals surface area contributed by atoms with E-state index in [4.69, 9.17) is 21.6 Å². The Morgan fingerprint density at radius 2 is 1.62 bits per heavy atom. The minimum Gasteiger partial charge on any atom is -0.353 e. The highest BCUT2D eigenvalue weighted by Gasteiger charge is 2.22. The van der Waals surface area contributed by atoms with Crippen LogP contribution in [-0.4, -0.2) is 53.6 Å². The zero-order valence-corrected chi connectivity index (χ0v) is 21.2. The first-order chi connectivity index (χ1) is 16.3. The highest BCUT2D eigenvalue weighted by Crippen LogP contribution is 2.24. The van der Waals surface area contributed by atoms with E-state index in [1.54, 1.807) is 0 Å². The van der Waals surface area contributed by atoms with Gasteiger partial charge in [0.15, 0.2) is 0 Å². The molecule has 8 heteroatoms. The number of hydrogen-bond donors (Lipinski definition) is 2. The molecule has 34 heavy (non-hydrogen) atoms. The molecular weight excluding hydrogens is 446 g/mol. The molecule has 3 aromatic rings. The summed E-state index contributed by atoms with van der Waals surface area (Å²) in [5.41, 5.74) is 3.90. The predicted molar refractivity (Wildman–Crippen MR) is 141 cm³/mol. The third-order valence-corrected chi connectivity index (χ3v) is 6.12. The average molecular weight is 480 g/mol. The van der Waals surface area contributed by atoms with Gasteiger partial charge in [0.05, 0.1) is 0 Å². The van der Waals surface area contributed by atoms with Gasteiger partial charge in [-0.1, -0.05) is 61.8 Å². The summed E-state index contributed by atoms with van der Waals surface area (Å²) in [5, 5.41) is 7.56. The number of nitrogens with one attached hydrogen (secondary N) is 2. The van der Waals surface area contributed by atoms with Gasteiger partial charge in [-0.3, -0.25) is 0 Å². The van der Waals surface area contributed by atoms with Crippen LogP contribution in [0.5, 0.6) is 0 Å². The molecule has 0 fully saturated rings. The molecule has 1 aliphatic heterocycles. The molecule has 1 aromatic heterocycles. The topological polar surface area (TPSA) is 69.2 Å². The van der Waals surface area contributed by atoms with Crippen LogP contribution in [0, 0.1) is 5.41 Å². The molecule has 0 saturated heterocycles. The lowest BCUT2D eigenvalue weighted by atomic mass is 9.93. The van der Waals surface area contributed by atoms with Crippen molar-refractivity contribution in [1.29, 1.82) is 0 Å². The quantitative estimate of drug-likeness (QED) is 0.461. The van der Waals surface area contributed by atoms with Gasteiger partial charge in [0.25, 0.3) is 0 Å². The van der Waals surface area contributed by atoms with Crippen molar-refractivity contribution in [1.82, 2.24) is 19.9 Å². The van der Waals surface area contributed by atoms with Crippen LogP contribution in [0.15, 0.2) is 48.5 Å². The number of nitrogens with zero attached hydrogens (tertiary/aromatic N) is 5. The first-order valence-electron chi connectivity index (χ1n) is 11.7. The highest BCUT2D eigenvalue weighted by atomic mass is 35.5. The molecule has 2 N–H and O–H groups in total. The van der Waals surface area contributed by atoms with Gasteiger partial charge in [-0.2, -0.15) is 15.0 Å². The van der Waals surface area contributed by atoms with Gasteiger partial charge in [-0.05, 0) is 54.8 Å². The van der Waals surface area contributed by atoms with Crippen molar-refractivity contribution >= 4 is 29.4 Å². The largest absolute Gasteiger partial charge is 0.353 e. The van der Waals surface area contributed by atoms with E-state index >= 15 is 0 Å². The van der Waals surface area contributed by atoms with E-state index in [2.05, 4.69) is 77.6 Å². The number of benzene rings is 2. The summed E-state index contributed by atoms with van der Waals surface area (Å²) < 4.78 is 0. The maximum atomic E-state index is 6.03. The molecular formula is C26H34ClN7. The molecule has 180 valence electrons. The Hall–Kier alpha value is -2.90. The minimum absolute atomic E-state index is 0.0667. The minimum atomic E-state index is 0.0667. The third-order valence-electron chi connectivity index (χ3n) is 5.87. The van der Waals surface area contributed by atoms with E-state index in [0.717, 1.165) is 43.2 Å². The fourth-order valence-electron chi connectivity index (χ4n) is 4.34. The normalized spacial score (nSPS) is 13.6. The van der Waals surface area contributed by atoms with Gasteiger partial charge < -0.3 is 20.4 Å². The molecule has 0 aliphatic carbocycles. The number of halogens is 1. The van der Waals surface area contributed by atoms with Crippen LogP contribution in [0.1, 0.15) is 30.5 Å². The first-order valence-corrected chi connectivity index (χ1v) is 12.1. The second-order valence-electron chi connectivity index (χ2n) is 9.96. The van der Waals surface area contributed by atoms with Crippen molar-refractivity contribution in [2.24, 2.45) is 5.41 Å². The molecule has 1 aliphatic rings. The van der Waals surface area contributed by atoms with Crippen molar-refractivity contribution in [2.75, 3.05) is 49.3 Å². The average Bonchev–Trinajstić information content (AvgIpc) is 2.81. The van der Waals surface area contributed by atoms with Crippen LogP contribution in [0.3, 0.4) is 0 Å². The van der Waals surface area contributed by atoms with Crippen LogP contribution in [0.2, 0.25) is 5.02 Å². The van der Waals surface area contributed by atoms with Crippen LogP contribution >= 0.6 is 11.6 Å². The number of fused-ring (bicyclic) bond motifs is 1. The van der Waals surface area contributed by atoms with E-state index in [-0.39, 0.29) is 5.41 Å². The van der Waals surface area contributed by atoms with E-state index in [9.17, 15) is 0 Å². The molecule has 2 aromatic carbocycles. The maximum Gasteiger partial charge on any atom is 0.232 e. The maximum absolute atomic E-state index is 6.03. The molecule has 0 bridgehead atoms. The van der Waals surface area contributed by atoms with Gasteiger partial charge in [-0.25, -0.2) is 0 Å². The second-order valence-corrected chi connectivity index (χ2v) is 10.4. The summed E-state index contributed by atoms with van der Waals surface area (Å²) in [6.45, 7) is 8.48. The summed E-state index contributed by atoms with van der Waals surface area (Å²) in [6, 6.07) is 16.4. The van der Waals surface area contributed by atoms with Gasteiger partial charge in [-0.15, -0.1) is 0 Å². The molecule has 0 amide bonds. The standard InChI is InChI=1S/C26H34ClN7/c1-26(2,18-33(3)4)17-29-24-30-23(28-15-19-9-11-22(27)12-10-19)31-25(32-24)34-14-13-20-7-5-6-8-21(20)16-34/h5-12H,13-18H2,1-4H3,(H2,28,29,30,31,32). The summed E-state index contributed by atoms with van der Waals surface area (Å²) in [4.78, 5) is 18.7. The zero-order chi connectivity index (χ0) is 24.1. The molecule has 0 spiro atoms. The van der Waals surface area contributed by atoms with Crippen molar-refractivity contribution in [3.05, 3.63) is 70.2 Å². The van der Waals surface area contributed by atoms with Gasteiger partial charge in [0.2, 0.25) is 17.8 Å². The summed E-state index contributed by atoms with van der Waals surface area (Å²) >= 11 is 6.03. The predicted octanol–water partition coefficient (Wildman–Crippen LogP) is 4.70. The van der Waals surface area contributed by atoms with E-state index in [1.165, 1.54) is 11.1 Å². The molecule has 4 rings (SSSR count). The Morgan fingerprint density at radius 1 is 0.941 bits per heavy atom. The molecule has 7 nitrogen and oxygen atoms in total. The monoisotopic (exact) mass is 479 g/mol. The lowest BCUT2D eigenvalue weighted by Crippen LogP contribution is -2.35. The fraction of sp³-hybridized carbons (Fsp3) is 0.423. The van der Waals surface area contributed by atoms with Gasteiger partial charge in [0.1, 0.15) is 0 Å². The zero-order valence-electron chi connectivity index (χ0n) is 20.5. The Kier molecular flexibility index (Phi) is 7.54. The van der Waals surface area contributed by atoms with Gasteiger partial charge in [0, 0.05) is 37.7 Å². The summed E-state index contributed by atoms with van der Waals surface area (Å²) in [5.74, 6) is 1.84. The van der Waals surface area contributed by atoms with Crippen molar-refractivity contribution in [2.45, 2.75) is 33.4 Å². The fourth-order valence-corrected chi connectivity index (χ4v) is 4.47. The summed E-state index contributed by atoms with van der Waals surface area (Å²) in [7, 11) is 4.19. The Labute approximate surface area is 207 Å². The Morgan fingerprint density at radius 3 is 2.32 bits per heavy atom. The lowest BCUT2D eigenvalue weighted by Gasteiger charge is -2.30. The van der Waals surface area contributed by atoms with Crippen LogP contribution in [0.4, 0.5) is 17.8 Å². The first kappa shape index (κ1) is 24.2. The molecule has 0 unspecified atom stereocenters. The second kappa shape index (κ2) is 10.6. The van der Waals surface area contributed by atoms with Crippen LogP contribution < -0.4 is 15.5 Å². The van der Waals surface area contributed by atoms with Crippen molar-refractivity contribution in [3.8, 4) is 0 Å². The van der Waals surface area contributed by atoms with Crippen molar-refractivity contribution < 1.29 is 0 Å². The molecule has 2 heterocycles. The van der Waals surface area contributed by atoms with E-state index < -0.39 is 0 Å². The number of rotatable bonds is 9. The number of anilines is 3. The SMILES string of the molecule is CN(C)CC(C)(C)CNc1nc(NCc2ccc(Cl)cc2)nc(N2CCc3ccccc3C2)n1. The molecule has 0 saturated carbocycles. The van der Waals surface area contributed by atoms with E-state index in [0.29, 0.717) is 24.4 Å². The lowest BCUT2D eigenvalue weighted by molar-refractivity contribution is 0.254.